The Bertz CT molecular complexity index is 2180. The Hall–Kier alpha value is -5.52. The fourth-order valence-electron chi connectivity index (χ4n) is 5.50. The number of allylic oxidation sites excluding steroid dienone is 3. The van der Waals surface area contributed by atoms with Crippen LogP contribution in [0.1, 0.15) is 20.4 Å². The van der Waals surface area contributed by atoms with Crippen LogP contribution in [0, 0.1) is 17.9 Å². The van der Waals surface area contributed by atoms with E-state index in [4.69, 9.17) is 6.57 Å². The number of nitriles is 1. The second-order valence-electron chi connectivity index (χ2n) is 9.77. The number of ketones is 1. The first-order valence-electron chi connectivity index (χ1n) is 13.3. The second-order valence-corrected chi connectivity index (χ2v) is 12.1. The van der Waals surface area contributed by atoms with Crippen molar-refractivity contribution in [3.8, 4) is 6.07 Å². The number of benzene rings is 4. The van der Waals surface area contributed by atoms with Gasteiger partial charge in [0.1, 0.15) is 0 Å². The number of anilines is 3. The van der Waals surface area contributed by atoms with Crippen LogP contribution in [0.5, 0.6) is 0 Å². The van der Waals surface area contributed by atoms with Crippen molar-refractivity contribution in [1.29, 1.82) is 5.26 Å². The van der Waals surface area contributed by atoms with Crippen LogP contribution in [0.25, 0.3) is 38.0 Å². The van der Waals surface area contributed by atoms with Crippen molar-refractivity contribution in [2.45, 2.75) is 0 Å². The van der Waals surface area contributed by atoms with E-state index in [1.54, 1.807) is 6.20 Å². The molecular formula is C36H20N4OSe. The van der Waals surface area contributed by atoms with Crippen molar-refractivity contribution in [3.05, 3.63) is 154 Å². The summed E-state index contributed by atoms with van der Waals surface area (Å²) in [5, 5.41) is 13.9. The van der Waals surface area contributed by atoms with Gasteiger partial charge in [-0.2, -0.15) is 0 Å². The van der Waals surface area contributed by atoms with Crippen molar-refractivity contribution in [3.63, 3.8) is 0 Å². The third kappa shape index (κ3) is 4.24. The molecule has 0 aliphatic heterocycles. The van der Waals surface area contributed by atoms with E-state index in [1.807, 2.05) is 84.9 Å². The van der Waals surface area contributed by atoms with Gasteiger partial charge in [-0.1, -0.05) is 0 Å². The van der Waals surface area contributed by atoms with Gasteiger partial charge in [0, 0.05) is 0 Å². The maximum absolute atomic E-state index is 14.0. The number of hydrogen-bond acceptors (Lipinski definition) is 4. The molecule has 0 unspecified atom stereocenters. The maximum atomic E-state index is 14.0. The van der Waals surface area contributed by atoms with Gasteiger partial charge in [0.05, 0.1) is 0 Å². The SMILES string of the molecule is [C-]#[N+]/C(C#N)=C1\C(=C/c2ccc(N(c3ccc4ccccc4c3)c3ccccn3)[se]2)C(=O)c2c1ccc1ccccc21. The van der Waals surface area contributed by atoms with Gasteiger partial charge in [0.15, 0.2) is 0 Å². The molecule has 0 radical (unpaired) electrons. The van der Waals surface area contributed by atoms with Crippen LogP contribution in [0.4, 0.5) is 16.1 Å². The Morgan fingerprint density at radius 1 is 0.881 bits per heavy atom. The number of rotatable bonds is 4. The molecule has 0 fully saturated rings. The first-order valence-corrected chi connectivity index (χ1v) is 15.0. The molecule has 6 aromatic rings. The number of nitrogens with zero attached hydrogens (tertiary/aromatic N) is 4. The molecule has 0 spiro atoms. The minimum atomic E-state index is -0.177. The molecule has 5 nitrogen and oxygen atoms in total. The Labute approximate surface area is 248 Å². The fourth-order valence-corrected chi connectivity index (χ4v) is 7.56. The normalized spacial score (nSPS) is 14.5. The van der Waals surface area contributed by atoms with E-state index in [0.29, 0.717) is 22.3 Å². The number of aromatic nitrogens is 1. The van der Waals surface area contributed by atoms with Crippen molar-refractivity contribution in [2.75, 3.05) is 4.90 Å². The molecule has 7 rings (SSSR count). The van der Waals surface area contributed by atoms with Crippen molar-refractivity contribution in [2.24, 2.45) is 0 Å². The average molecular weight is 604 g/mol. The second kappa shape index (κ2) is 10.5. The van der Waals surface area contributed by atoms with Gasteiger partial charge in [-0.15, -0.1) is 0 Å². The van der Waals surface area contributed by atoms with Crippen molar-refractivity contribution in [1.82, 2.24) is 4.98 Å². The van der Waals surface area contributed by atoms with E-state index >= 15 is 0 Å². The van der Waals surface area contributed by atoms with Crippen molar-refractivity contribution >= 4 is 69.5 Å². The van der Waals surface area contributed by atoms with Crippen LogP contribution in [0.3, 0.4) is 0 Å². The topological polar surface area (TPSA) is 61.4 Å². The minimum absolute atomic E-state index is 0.0748. The van der Waals surface area contributed by atoms with E-state index in [1.165, 1.54) is 0 Å². The Morgan fingerprint density at radius 2 is 1.64 bits per heavy atom. The predicted octanol–water partition coefficient (Wildman–Crippen LogP) is 8.35. The summed E-state index contributed by atoms with van der Waals surface area (Å²) in [5.41, 5.74) is 2.93. The monoisotopic (exact) mass is 604 g/mol. The molecule has 1 aliphatic carbocycles. The number of carbonyl (C=O) groups is 1. The quantitative estimate of drug-likeness (QED) is 0.0880. The van der Waals surface area contributed by atoms with Crippen LogP contribution < -0.4 is 4.90 Å². The van der Waals surface area contributed by atoms with Gasteiger partial charge in [0.25, 0.3) is 0 Å². The predicted molar refractivity (Wildman–Crippen MR) is 169 cm³/mol. The molecule has 0 bridgehead atoms. The number of Topliss-reactive ketones (excluding diaryl/α,β-unsaturated/α-hetero) is 1. The third-order valence-electron chi connectivity index (χ3n) is 7.38. The van der Waals surface area contributed by atoms with Gasteiger partial charge < -0.3 is 0 Å². The van der Waals surface area contributed by atoms with Gasteiger partial charge in [-0.25, -0.2) is 0 Å². The summed E-state index contributed by atoms with van der Waals surface area (Å²) in [5.74, 6) is 0.647. The van der Waals surface area contributed by atoms with Crippen LogP contribution in [0.15, 0.2) is 127 Å². The Balaban J connectivity index is 1.37. The molecular weight excluding hydrogens is 583 g/mol. The van der Waals surface area contributed by atoms with E-state index in [-0.39, 0.29) is 26.0 Å². The van der Waals surface area contributed by atoms with Gasteiger partial charge >= 0.3 is 249 Å². The summed E-state index contributed by atoms with van der Waals surface area (Å²) in [6, 6.07) is 38.1. The number of fused-ring (bicyclic) bond motifs is 4. The molecule has 0 saturated heterocycles. The standard InChI is InChI=1S/C36H20N4OSe/c1-38-31(22-37)34-29-17-14-24-9-4-5-11-28(24)35(29)36(41)30(34)21-27-16-18-33(42-27)40(32-12-6-7-19-39-32)26-15-13-23-8-2-3-10-25(23)20-26/h2-21H/b30-21+,34-31-. The van der Waals surface area contributed by atoms with Crippen molar-refractivity contribution < 1.29 is 4.79 Å². The molecule has 0 saturated carbocycles. The molecule has 0 amide bonds. The van der Waals surface area contributed by atoms with Gasteiger partial charge in [-0.05, 0) is 0 Å². The van der Waals surface area contributed by atoms with Crippen LogP contribution in [0.2, 0.25) is 0 Å². The molecule has 2 heterocycles. The van der Waals surface area contributed by atoms with Crippen LogP contribution in [-0.4, -0.2) is 25.3 Å². The molecule has 6 heteroatoms. The summed E-state index contributed by atoms with van der Waals surface area (Å²) in [7, 11) is 0. The van der Waals surface area contributed by atoms with E-state index in [9.17, 15) is 10.1 Å². The average Bonchev–Trinajstić information content (AvgIpc) is 3.61. The van der Waals surface area contributed by atoms with E-state index in [0.717, 1.165) is 42.0 Å². The number of pyridine rings is 1. The summed E-state index contributed by atoms with van der Waals surface area (Å²) in [6.45, 7) is 7.68. The zero-order chi connectivity index (χ0) is 28.6. The van der Waals surface area contributed by atoms with Gasteiger partial charge in [0.2, 0.25) is 0 Å². The van der Waals surface area contributed by atoms with Gasteiger partial charge in [-0.3, -0.25) is 0 Å². The molecule has 0 N–H and O–H groups in total. The third-order valence-corrected chi connectivity index (χ3v) is 9.52. The Morgan fingerprint density at radius 3 is 2.43 bits per heavy atom. The summed E-state index contributed by atoms with van der Waals surface area (Å²) in [6.07, 6.45) is 3.65. The zero-order valence-electron chi connectivity index (χ0n) is 22.2. The summed E-state index contributed by atoms with van der Waals surface area (Å²) < 4.78 is 2.03. The first kappa shape index (κ1) is 25.4. The molecule has 4 aromatic carbocycles. The summed E-state index contributed by atoms with van der Waals surface area (Å²) in [4.78, 5) is 24.3. The fraction of sp³-hybridized carbons (Fsp3) is 0. The van der Waals surface area contributed by atoms with Crippen LogP contribution in [-0.2, 0) is 0 Å². The molecule has 1 aliphatic rings. The summed E-state index contributed by atoms with van der Waals surface area (Å²) >= 11 is -0.177. The van der Waals surface area contributed by atoms with Crippen LogP contribution >= 0.6 is 0 Å². The molecule has 196 valence electrons. The zero-order valence-corrected chi connectivity index (χ0v) is 23.9. The first-order chi connectivity index (χ1) is 20.7. The molecule has 0 atom stereocenters. The van der Waals surface area contributed by atoms with E-state index in [2.05, 4.69) is 51.1 Å². The Kier molecular flexibility index (Phi) is 6.34. The van der Waals surface area contributed by atoms with E-state index < -0.39 is 0 Å². The number of carbonyl (C=O) groups excluding carboxylic acids is 1. The molecule has 2 aromatic heterocycles. The number of hydrogen-bond donors (Lipinski definition) is 0. The molecule has 42 heavy (non-hydrogen) atoms.